The SMILES string of the molecule is COCC1CCN(I)C1. The van der Waals surface area contributed by atoms with E-state index in [4.69, 9.17) is 4.74 Å². The third-order valence-electron chi connectivity index (χ3n) is 1.64. The lowest BCUT2D eigenvalue weighted by molar-refractivity contribution is 0.158. The van der Waals surface area contributed by atoms with E-state index in [0.717, 1.165) is 12.5 Å². The van der Waals surface area contributed by atoms with Crippen LogP contribution in [0.2, 0.25) is 0 Å². The minimum atomic E-state index is 0.784. The Hall–Kier alpha value is 0.650. The topological polar surface area (TPSA) is 12.5 Å². The van der Waals surface area contributed by atoms with Crippen LogP contribution in [0.15, 0.2) is 0 Å². The van der Waals surface area contributed by atoms with Gasteiger partial charge in [0.1, 0.15) is 0 Å². The lowest BCUT2D eigenvalue weighted by atomic mass is 10.1. The van der Waals surface area contributed by atoms with E-state index in [1.165, 1.54) is 19.5 Å². The molecular weight excluding hydrogens is 229 g/mol. The lowest BCUT2D eigenvalue weighted by Crippen LogP contribution is -2.11. The summed E-state index contributed by atoms with van der Waals surface area (Å²) in [4.78, 5) is 0. The first-order chi connectivity index (χ1) is 4.33. The third kappa shape index (κ3) is 2.39. The van der Waals surface area contributed by atoms with Crippen LogP contribution in [-0.4, -0.2) is 29.9 Å². The highest BCUT2D eigenvalue weighted by molar-refractivity contribution is 14.1. The second-order valence-electron chi connectivity index (χ2n) is 2.48. The zero-order chi connectivity index (χ0) is 6.69. The van der Waals surface area contributed by atoms with Crippen LogP contribution in [-0.2, 0) is 4.74 Å². The number of rotatable bonds is 2. The molecular formula is C6H12INO. The van der Waals surface area contributed by atoms with Crippen molar-refractivity contribution in [3.8, 4) is 0 Å². The van der Waals surface area contributed by atoms with Gasteiger partial charge < -0.3 is 4.74 Å². The average molecular weight is 241 g/mol. The lowest BCUT2D eigenvalue weighted by Gasteiger charge is -2.06. The number of methoxy groups -OCH3 is 1. The highest BCUT2D eigenvalue weighted by Gasteiger charge is 2.19. The maximum atomic E-state index is 5.04. The van der Waals surface area contributed by atoms with Gasteiger partial charge in [-0.1, -0.05) is 0 Å². The van der Waals surface area contributed by atoms with Crippen molar-refractivity contribution < 1.29 is 4.74 Å². The van der Waals surface area contributed by atoms with Gasteiger partial charge in [-0.15, -0.1) is 0 Å². The van der Waals surface area contributed by atoms with Crippen LogP contribution < -0.4 is 0 Å². The Morgan fingerprint density at radius 3 is 3.00 bits per heavy atom. The fraction of sp³-hybridized carbons (Fsp3) is 1.00. The van der Waals surface area contributed by atoms with Crippen LogP contribution in [0.25, 0.3) is 0 Å². The second-order valence-corrected chi connectivity index (χ2v) is 3.84. The Kier molecular flexibility index (Phi) is 3.21. The molecule has 0 radical (unpaired) electrons. The van der Waals surface area contributed by atoms with Crippen LogP contribution >= 0.6 is 22.9 Å². The van der Waals surface area contributed by atoms with Crippen molar-refractivity contribution in [1.29, 1.82) is 0 Å². The predicted molar refractivity (Wildman–Crippen MR) is 45.6 cm³/mol. The molecule has 1 fully saturated rings. The zero-order valence-corrected chi connectivity index (χ0v) is 7.80. The van der Waals surface area contributed by atoms with E-state index in [2.05, 4.69) is 26.0 Å². The van der Waals surface area contributed by atoms with E-state index in [-0.39, 0.29) is 0 Å². The molecule has 0 aromatic carbocycles. The number of ether oxygens (including phenoxy) is 1. The molecule has 3 heteroatoms. The Morgan fingerprint density at radius 2 is 2.56 bits per heavy atom. The van der Waals surface area contributed by atoms with Gasteiger partial charge in [-0.2, -0.15) is 0 Å². The van der Waals surface area contributed by atoms with Crippen LogP contribution in [0.4, 0.5) is 0 Å². The largest absolute Gasteiger partial charge is 0.384 e. The fourth-order valence-corrected chi connectivity index (χ4v) is 1.99. The molecule has 1 aliphatic heterocycles. The van der Waals surface area contributed by atoms with Crippen molar-refractivity contribution >= 4 is 22.9 Å². The fourth-order valence-electron chi connectivity index (χ4n) is 1.16. The number of hydrogen-bond donors (Lipinski definition) is 0. The summed E-state index contributed by atoms with van der Waals surface area (Å²) in [7, 11) is 1.77. The van der Waals surface area contributed by atoms with E-state index in [9.17, 15) is 0 Å². The zero-order valence-electron chi connectivity index (χ0n) is 5.64. The molecule has 54 valence electrons. The monoisotopic (exact) mass is 241 g/mol. The predicted octanol–water partition coefficient (Wildman–Crippen LogP) is 1.30. The van der Waals surface area contributed by atoms with Crippen molar-refractivity contribution in [2.24, 2.45) is 5.92 Å². The summed E-state index contributed by atoms with van der Waals surface area (Å²) in [5, 5.41) is 0. The molecule has 0 amide bonds. The molecule has 1 atom stereocenters. The van der Waals surface area contributed by atoms with Gasteiger partial charge >= 0.3 is 0 Å². The van der Waals surface area contributed by atoms with Crippen molar-refractivity contribution in [1.82, 2.24) is 3.11 Å². The molecule has 0 spiro atoms. The highest BCUT2D eigenvalue weighted by atomic mass is 127. The molecule has 1 aliphatic rings. The Bertz CT molecular complexity index is 87.1. The Labute approximate surface area is 70.0 Å². The van der Waals surface area contributed by atoms with Crippen LogP contribution in [0, 0.1) is 5.92 Å². The first-order valence-electron chi connectivity index (χ1n) is 3.22. The Balaban J connectivity index is 2.14. The minimum Gasteiger partial charge on any atom is -0.384 e. The normalized spacial score (nSPS) is 29.3. The maximum Gasteiger partial charge on any atom is 0.0503 e. The first kappa shape index (κ1) is 7.75. The molecule has 1 rings (SSSR count). The smallest absolute Gasteiger partial charge is 0.0503 e. The molecule has 1 heterocycles. The van der Waals surface area contributed by atoms with Gasteiger partial charge in [0, 0.05) is 43.1 Å². The van der Waals surface area contributed by atoms with E-state index in [0.29, 0.717) is 0 Å². The molecule has 9 heavy (non-hydrogen) atoms. The summed E-state index contributed by atoms with van der Waals surface area (Å²) in [5.41, 5.74) is 0. The Morgan fingerprint density at radius 1 is 1.78 bits per heavy atom. The van der Waals surface area contributed by atoms with E-state index >= 15 is 0 Å². The minimum absolute atomic E-state index is 0.784. The van der Waals surface area contributed by atoms with Gasteiger partial charge in [0.05, 0.1) is 6.61 Å². The summed E-state index contributed by atoms with van der Waals surface area (Å²) < 4.78 is 7.36. The van der Waals surface area contributed by atoms with Crippen molar-refractivity contribution in [2.75, 3.05) is 26.8 Å². The number of hydrogen-bond acceptors (Lipinski definition) is 2. The third-order valence-corrected chi connectivity index (χ3v) is 2.51. The van der Waals surface area contributed by atoms with Gasteiger partial charge in [-0.05, 0) is 12.3 Å². The summed E-state index contributed by atoms with van der Waals surface area (Å²) >= 11 is 2.36. The van der Waals surface area contributed by atoms with E-state index in [1.54, 1.807) is 7.11 Å². The highest BCUT2D eigenvalue weighted by Crippen LogP contribution is 2.18. The standard InChI is InChI=1S/C6H12INO/c1-9-5-6-2-3-8(7)4-6/h6H,2-5H2,1H3. The van der Waals surface area contributed by atoms with Crippen LogP contribution in [0.5, 0.6) is 0 Å². The quantitative estimate of drug-likeness (QED) is 0.533. The molecule has 0 aromatic rings. The molecule has 2 nitrogen and oxygen atoms in total. The van der Waals surface area contributed by atoms with Crippen LogP contribution in [0.3, 0.4) is 0 Å². The van der Waals surface area contributed by atoms with Crippen molar-refractivity contribution in [3.63, 3.8) is 0 Å². The molecule has 0 aliphatic carbocycles. The molecule has 0 aromatic heterocycles. The second kappa shape index (κ2) is 3.73. The molecule has 0 bridgehead atoms. The van der Waals surface area contributed by atoms with Gasteiger partial charge in [-0.3, -0.25) is 0 Å². The molecule has 1 unspecified atom stereocenters. The van der Waals surface area contributed by atoms with E-state index in [1.807, 2.05) is 0 Å². The number of halogens is 1. The maximum absolute atomic E-state index is 5.04. The molecule has 0 saturated carbocycles. The van der Waals surface area contributed by atoms with Gasteiger partial charge in [0.2, 0.25) is 0 Å². The summed E-state index contributed by atoms with van der Waals surface area (Å²) in [6.45, 7) is 3.36. The van der Waals surface area contributed by atoms with E-state index < -0.39 is 0 Å². The molecule has 0 N–H and O–H groups in total. The van der Waals surface area contributed by atoms with Crippen LogP contribution in [0.1, 0.15) is 6.42 Å². The summed E-state index contributed by atoms with van der Waals surface area (Å²) in [5.74, 6) is 0.784. The number of nitrogens with zero attached hydrogens (tertiary/aromatic N) is 1. The first-order valence-corrected chi connectivity index (χ1v) is 4.19. The van der Waals surface area contributed by atoms with Crippen molar-refractivity contribution in [2.45, 2.75) is 6.42 Å². The summed E-state index contributed by atoms with van der Waals surface area (Å²) in [6, 6.07) is 0. The van der Waals surface area contributed by atoms with Crippen molar-refractivity contribution in [3.05, 3.63) is 0 Å². The summed E-state index contributed by atoms with van der Waals surface area (Å²) in [6.07, 6.45) is 1.30. The van der Waals surface area contributed by atoms with Gasteiger partial charge in [0.25, 0.3) is 0 Å². The molecule has 1 saturated heterocycles. The van der Waals surface area contributed by atoms with Gasteiger partial charge in [-0.25, -0.2) is 3.11 Å². The average Bonchev–Trinajstić information content (AvgIpc) is 2.17. The van der Waals surface area contributed by atoms with Gasteiger partial charge in [0.15, 0.2) is 0 Å².